The highest BCUT2D eigenvalue weighted by Gasteiger charge is 2.23. The Hall–Kier alpha value is -1.88. The van der Waals surface area contributed by atoms with Crippen molar-refractivity contribution >= 4 is 17.5 Å². The van der Waals surface area contributed by atoms with E-state index in [0.29, 0.717) is 30.3 Å². The van der Waals surface area contributed by atoms with Gasteiger partial charge in [-0.05, 0) is 49.6 Å². The van der Waals surface area contributed by atoms with E-state index >= 15 is 0 Å². The number of hydrogen-bond donors (Lipinski definition) is 3. The smallest absolute Gasteiger partial charge is 0.251 e. The zero-order valence-electron chi connectivity index (χ0n) is 11.7. The minimum Gasteiger partial charge on any atom is -0.349 e. The highest BCUT2D eigenvalue weighted by molar-refractivity contribution is 5.96. The molecule has 1 saturated carbocycles. The normalized spacial score (nSPS) is 15.5. The molecular weight excluding hydrogens is 254 g/mol. The van der Waals surface area contributed by atoms with Crippen LogP contribution in [0.2, 0.25) is 0 Å². The number of nitrogens with one attached hydrogen (secondary N) is 2. The molecule has 1 unspecified atom stereocenters. The number of carbonyl (C=O) groups excluding carboxylic acids is 2. The summed E-state index contributed by atoms with van der Waals surface area (Å²) in [6.45, 7) is 2.43. The van der Waals surface area contributed by atoms with Crippen molar-refractivity contribution in [3.05, 3.63) is 29.8 Å². The van der Waals surface area contributed by atoms with Crippen LogP contribution in [0.5, 0.6) is 0 Å². The van der Waals surface area contributed by atoms with Crippen LogP contribution in [-0.4, -0.2) is 24.4 Å². The first kappa shape index (κ1) is 14.5. The number of hydrogen-bond acceptors (Lipinski definition) is 3. The third-order valence-corrected chi connectivity index (χ3v) is 3.28. The summed E-state index contributed by atoms with van der Waals surface area (Å²) in [7, 11) is 0. The first-order valence-electron chi connectivity index (χ1n) is 6.99. The van der Waals surface area contributed by atoms with Crippen LogP contribution in [0.15, 0.2) is 24.3 Å². The van der Waals surface area contributed by atoms with Crippen LogP contribution in [0.25, 0.3) is 0 Å². The monoisotopic (exact) mass is 275 g/mol. The molecule has 0 aromatic heterocycles. The van der Waals surface area contributed by atoms with Gasteiger partial charge in [0.15, 0.2) is 0 Å². The van der Waals surface area contributed by atoms with Crippen LogP contribution in [0, 0.1) is 5.92 Å². The Balaban J connectivity index is 1.87. The van der Waals surface area contributed by atoms with Crippen molar-refractivity contribution in [1.29, 1.82) is 0 Å². The van der Waals surface area contributed by atoms with Gasteiger partial charge < -0.3 is 16.4 Å². The second-order valence-corrected chi connectivity index (χ2v) is 5.42. The Labute approximate surface area is 118 Å². The minimum atomic E-state index is -0.0573. The molecule has 0 heterocycles. The molecule has 2 rings (SSSR count). The number of rotatable bonds is 6. The fraction of sp³-hybridized carbons (Fsp3) is 0.467. The van der Waals surface area contributed by atoms with E-state index in [1.165, 1.54) is 0 Å². The molecule has 1 aliphatic rings. The summed E-state index contributed by atoms with van der Waals surface area (Å²) >= 11 is 0. The summed E-state index contributed by atoms with van der Waals surface area (Å²) in [5.74, 6) is 0.0545. The second kappa shape index (κ2) is 6.52. The zero-order chi connectivity index (χ0) is 14.5. The lowest BCUT2D eigenvalue weighted by atomic mass is 10.1. The first-order valence-corrected chi connectivity index (χ1v) is 6.99. The van der Waals surface area contributed by atoms with Gasteiger partial charge in [0.2, 0.25) is 5.91 Å². The molecule has 5 nitrogen and oxygen atoms in total. The van der Waals surface area contributed by atoms with Crippen molar-refractivity contribution in [2.45, 2.75) is 32.2 Å². The third kappa shape index (κ3) is 4.35. The molecule has 1 aliphatic carbocycles. The Morgan fingerprint density at radius 2 is 1.95 bits per heavy atom. The van der Waals surface area contributed by atoms with E-state index in [2.05, 4.69) is 10.6 Å². The van der Waals surface area contributed by atoms with Gasteiger partial charge in [0, 0.05) is 23.7 Å². The fourth-order valence-electron chi connectivity index (χ4n) is 1.81. The molecule has 1 atom stereocenters. The summed E-state index contributed by atoms with van der Waals surface area (Å²) in [5.41, 5.74) is 6.80. The van der Waals surface area contributed by atoms with E-state index in [0.717, 1.165) is 12.8 Å². The topological polar surface area (TPSA) is 84.2 Å². The number of nitrogens with two attached hydrogens (primary N) is 1. The molecule has 0 bridgehead atoms. The molecule has 0 aliphatic heterocycles. The molecule has 0 radical (unpaired) electrons. The van der Waals surface area contributed by atoms with Gasteiger partial charge in [-0.3, -0.25) is 9.59 Å². The third-order valence-electron chi connectivity index (χ3n) is 3.28. The summed E-state index contributed by atoms with van der Waals surface area (Å²) in [6, 6.07) is 7.28. The van der Waals surface area contributed by atoms with Crippen molar-refractivity contribution in [1.82, 2.24) is 5.32 Å². The molecule has 0 saturated heterocycles. The van der Waals surface area contributed by atoms with Crippen LogP contribution >= 0.6 is 0 Å². The van der Waals surface area contributed by atoms with Gasteiger partial charge in [-0.2, -0.15) is 0 Å². The van der Waals surface area contributed by atoms with E-state index in [1.54, 1.807) is 24.3 Å². The number of carbonyl (C=O) groups is 2. The van der Waals surface area contributed by atoms with Crippen LogP contribution < -0.4 is 16.4 Å². The van der Waals surface area contributed by atoms with Gasteiger partial charge in [-0.15, -0.1) is 0 Å². The molecule has 2 amide bonds. The van der Waals surface area contributed by atoms with E-state index in [-0.39, 0.29) is 17.7 Å². The summed E-state index contributed by atoms with van der Waals surface area (Å²) < 4.78 is 0. The average molecular weight is 275 g/mol. The van der Waals surface area contributed by atoms with Gasteiger partial charge in [0.05, 0.1) is 0 Å². The average Bonchev–Trinajstić information content (AvgIpc) is 3.23. The Kier molecular flexibility index (Phi) is 4.74. The van der Waals surface area contributed by atoms with Crippen molar-refractivity contribution in [2.75, 3.05) is 11.9 Å². The van der Waals surface area contributed by atoms with E-state index in [1.807, 2.05) is 6.92 Å². The molecule has 1 aromatic carbocycles. The molecule has 0 spiro atoms. The molecule has 5 heteroatoms. The Morgan fingerprint density at radius 3 is 2.50 bits per heavy atom. The Morgan fingerprint density at radius 1 is 1.30 bits per heavy atom. The maximum atomic E-state index is 11.8. The summed E-state index contributed by atoms with van der Waals surface area (Å²) in [5, 5.41) is 5.72. The number of amides is 2. The van der Waals surface area contributed by atoms with Crippen molar-refractivity contribution in [2.24, 2.45) is 11.7 Å². The van der Waals surface area contributed by atoms with Crippen LogP contribution in [0.4, 0.5) is 5.69 Å². The van der Waals surface area contributed by atoms with Crippen molar-refractivity contribution in [3.63, 3.8) is 0 Å². The number of anilines is 1. The summed E-state index contributed by atoms with van der Waals surface area (Å²) in [6.07, 6.45) is 2.54. The zero-order valence-corrected chi connectivity index (χ0v) is 11.7. The molecular formula is C15H21N3O2. The highest BCUT2D eigenvalue weighted by Crippen LogP contribution is 2.19. The minimum absolute atomic E-state index is 0.0536. The van der Waals surface area contributed by atoms with Gasteiger partial charge in [-0.1, -0.05) is 6.92 Å². The molecule has 108 valence electrons. The van der Waals surface area contributed by atoms with Crippen LogP contribution in [0.3, 0.4) is 0 Å². The van der Waals surface area contributed by atoms with Crippen molar-refractivity contribution in [3.8, 4) is 0 Å². The van der Waals surface area contributed by atoms with E-state index in [9.17, 15) is 9.59 Å². The van der Waals surface area contributed by atoms with E-state index in [4.69, 9.17) is 5.73 Å². The van der Waals surface area contributed by atoms with E-state index < -0.39 is 0 Å². The maximum Gasteiger partial charge on any atom is 0.251 e. The number of benzene rings is 1. The maximum absolute atomic E-state index is 11.8. The molecule has 1 aromatic rings. The molecule has 4 N–H and O–H groups in total. The summed E-state index contributed by atoms with van der Waals surface area (Å²) in [4.78, 5) is 23.5. The van der Waals surface area contributed by atoms with Crippen LogP contribution in [-0.2, 0) is 4.79 Å². The predicted octanol–water partition coefficient (Wildman–Crippen LogP) is 1.50. The quantitative estimate of drug-likeness (QED) is 0.735. The lowest BCUT2D eigenvalue weighted by molar-refractivity contribution is -0.116. The van der Waals surface area contributed by atoms with Gasteiger partial charge in [0.1, 0.15) is 0 Å². The predicted molar refractivity (Wildman–Crippen MR) is 78.4 cm³/mol. The van der Waals surface area contributed by atoms with Crippen molar-refractivity contribution < 1.29 is 9.59 Å². The standard InChI is InChI=1S/C15H21N3O2/c1-10(9-16)8-14(19)17-12-4-2-11(3-5-12)15(20)18-13-6-7-13/h2-5,10,13H,6-9,16H2,1H3,(H,17,19)(H,18,20). The largest absolute Gasteiger partial charge is 0.349 e. The van der Waals surface area contributed by atoms with Crippen LogP contribution in [0.1, 0.15) is 36.5 Å². The van der Waals surface area contributed by atoms with Gasteiger partial charge in [0.25, 0.3) is 5.91 Å². The lowest BCUT2D eigenvalue weighted by Crippen LogP contribution is -2.25. The SMILES string of the molecule is CC(CN)CC(=O)Nc1ccc(C(=O)NC2CC2)cc1. The first-order chi connectivity index (χ1) is 9.58. The fourth-order valence-corrected chi connectivity index (χ4v) is 1.81. The molecule has 1 fully saturated rings. The second-order valence-electron chi connectivity index (χ2n) is 5.42. The highest BCUT2D eigenvalue weighted by atomic mass is 16.2. The molecule has 20 heavy (non-hydrogen) atoms. The Bertz CT molecular complexity index is 480. The van der Waals surface area contributed by atoms with Gasteiger partial charge in [-0.25, -0.2) is 0 Å². The van der Waals surface area contributed by atoms with Gasteiger partial charge >= 0.3 is 0 Å². The lowest BCUT2D eigenvalue weighted by Gasteiger charge is -2.09.